The molecule has 7 heavy (non-hydrogen) atoms. The molecule has 0 aliphatic rings. The lowest BCUT2D eigenvalue weighted by molar-refractivity contribution is 1.22. The fourth-order valence-electron chi connectivity index (χ4n) is 0.149. The Hall–Kier alpha value is -0.860. The van der Waals surface area contributed by atoms with E-state index in [0.29, 0.717) is 5.84 Å². The largest absolute Gasteiger partial charge is 0.386 e. The molecule has 0 aliphatic carbocycles. The predicted molar refractivity (Wildman–Crippen MR) is 31.5 cm³/mol. The van der Waals surface area contributed by atoms with E-state index < -0.39 is 0 Å². The maximum atomic E-state index is 5.11. The molecular formula is C4H9N3. The van der Waals surface area contributed by atoms with E-state index in [9.17, 15) is 0 Å². The highest BCUT2D eigenvalue weighted by Crippen LogP contribution is 1.66. The van der Waals surface area contributed by atoms with E-state index in [0.717, 1.165) is 0 Å². The minimum Gasteiger partial charge on any atom is -0.386 e. The average molecular weight is 99.1 g/mol. The molecular weight excluding hydrogens is 90.1 g/mol. The standard InChI is InChI=1S/C4H9N3/c1-3-6-7-4(2)5/h3H,1-2H3,(H2,5,7)/b6-3+. The highest BCUT2D eigenvalue weighted by Gasteiger charge is 1.67. The quantitative estimate of drug-likeness (QED) is 0.288. The summed E-state index contributed by atoms with van der Waals surface area (Å²) >= 11 is 0. The molecule has 0 spiro atoms. The number of rotatable bonds is 1. The molecule has 0 aromatic rings. The van der Waals surface area contributed by atoms with Crippen LogP contribution in [0.4, 0.5) is 0 Å². The van der Waals surface area contributed by atoms with Crippen molar-refractivity contribution in [2.24, 2.45) is 15.9 Å². The summed E-state index contributed by atoms with van der Waals surface area (Å²) in [6.07, 6.45) is 1.58. The van der Waals surface area contributed by atoms with E-state index in [1.165, 1.54) is 0 Å². The van der Waals surface area contributed by atoms with Gasteiger partial charge in [0.25, 0.3) is 0 Å². The van der Waals surface area contributed by atoms with Gasteiger partial charge in [0, 0.05) is 6.21 Å². The molecule has 0 unspecified atom stereocenters. The second-order valence-electron chi connectivity index (χ2n) is 1.12. The van der Waals surface area contributed by atoms with Gasteiger partial charge in [0.15, 0.2) is 0 Å². The summed E-state index contributed by atoms with van der Waals surface area (Å²) in [6.45, 7) is 3.47. The van der Waals surface area contributed by atoms with Crippen LogP contribution in [-0.2, 0) is 0 Å². The zero-order chi connectivity index (χ0) is 5.70. The summed E-state index contributed by atoms with van der Waals surface area (Å²) < 4.78 is 0. The molecule has 0 bridgehead atoms. The summed E-state index contributed by atoms with van der Waals surface area (Å²) in [7, 11) is 0. The highest BCUT2D eigenvalue weighted by atomic mass is 15.2. The van der Waals surface area contributed by atoms with Gasteiger partial charge in [0.1, 0.15) is 5.84 Å². The summed E-state index contributed by atoms with van der Waals surface area (Å²) in [5.74, 6) is 0.484. The molecule has 3 nitrogen and oxygen atoms in total. The Bertz CT molecular complexity index is 89.1. The Labute approximate surface area is 42.9 Å². The third-order valence-electron chi connectivity index (χ3n) is 0.331. The first-order valence-electron chi connectivity index (χ1n) is 2.05. The van der Waals surface area contributed by atoms with E-state index in [4.69, 9.17) is 5.73 Å². The fourth-order valence-corrected chi connectivity index (χ4v) is 0.149. The summed E-state index contributed by atoms with van der Waals surface area (Å²) in [6, 6.07) is 0. The van der Waals surface area contributed by atoms with Crippen molar-refractivity contribution in [2.45, 2.75) is 13.8 Å². The topological polar surface area (TPSA) is 50.7 Å². The Morgan fingerprint density at radius 3 is 2.43 bits per heavy atom. The van der Waals surface area contributed by atoms with Gasteiger partial charge in [-0.05, 0) is 13.8 Å². The Morgan fingerprint density at radius 2 is 2.29 bits per heavy atom. The number of hydrogen-bond acceptors (Lipinski definition) is 2. The van der Waals surface area contributed by atoms with Gasteiger partial charge in [-0.3, -0.25) is 0 Å². The van der Waals surface area contributed by atoms with E-state index in [1.807, 2.05) is 0 Å². The SMILES string of the molecule is C/C=N/N=C(/C)N. The molecule has 0 heterocycles. The van der Waals surface area contributed by atoms with E-state index in [-0.39, 0.29) is 0 Å². The van der Waals surface area contributed by atoms with Crippen LogP contribution in [0.1, 0.15) is 13.8 Å². The van der Waals surface area contributed by atoms with Crippen LogP contribution >= 0.6 is 0 Å². The number of nitrogens with two attached hydrogens (primary N) is 1. The van der Waals surface area contributed by atoms with Gasteiger partial charge in [-0.25, -0.2) is 0 Å². The van der Waals surface area contributed by atoms with Gasteiger partial charge >= 0.3 is 0 Å². The molecule has 2 N–H and O–H groups in total. The van der Waals surface area contributed by atoms with Gasteiger partial charge in [-0.1, -0.05) is 0 Å². The third-order valence-corrected chi connectivity index (χ3v) is 0.331. The molecule has 0 radical (unpaired) electrons. The number of hydrogen-bond donors (Lipinski definition) is 1. The molecule has 0 amide bonds. The van der Waals surface area contributed by atoms with Crippen LogP contribution in [0.5, 0.6) is 0 Å². The Kier molecular flexibility index (Phi) is 2.92. The molecule has 40 valence electrons. The second-order valence-corrected chi connectivity index (χ2v) is 1.12. The lowest BCUT2D eigenvalue weighted by atomic mass is 10.7. The van der Waals surface area contributed by atoms with E-state index in [2.05, 4.69) is 10.2 Å². The molecule has 0 rings (SSSR count). The van der Waals surface area contributed by atoms with Crippen molar-refractivity contribution in [3.63, 3.8) is 0 Å². The highest BCUT2D eigenvalue weighted by molar-refractivity contribution is 5.77. The average Bonchev–Trinajstić information content (AvgIpc) is 1.61. The zero-order valence-corrected chi connectivity index (χ0v) is 4.55. The second kappa shape index (κ2) is 3.33. The lowest BCUT2D eigenvalue weighted by Gasteiger charge is -1.78. The Balaban J connectivity index is 3.46. The summed E-state index contributed by atoms with van der Waals surface area (Å²) in [4.78, 5) is 0. The van der Waals surface area contributed by atoms with Crippen molar-refractivity contribution in [1.29, 1.82) is 0 Å². The minimum absolute atomic E-state index is 0.484. The van der Waals surface area contributed by atoms with Crippen LogP contribution in [0, 0.1) is 0 Å². The molecule has 0 fully saturated rings. The smallest absolute Gasteiger partial charge is 0.119 e. The maximum absolute atomic E-state index is 5.11. The molecule has 3 heteroatoms. The molecule has 0 saturated carbocycles. The van der Waals surface area contributed by atoms with Crippen molar-refractivity contribution in [3.8, 4) is 0 Å². The zero-order valence-electron chi connectivity index (χ0n) is 4.55. The Morgan fingerprint density at radius 1 is 1.71 bits per heavy atom. The van der Waals surface area contributed by atoms with Crippen LogP contribution in [0.2, 0.25) is 0 Å². The van der Waals surface area contributed by atoms with Crippen LogP contribution < -0.4 is 5.73 Å². The minimum atomic E-state index is 0.484. The number of amidine groups is 1. The summed E-state index contributed by atoms with van der Waals surface area (Å²) in [5.41, 5.74) is 5.11. The van der Waals surface area contributed by atoms with Crippen molar-refractivity contribution in [2.75, 3.05) is 0 Å². The van der Waals surface area contributed by atoms with Crippen LogP contribution in [0.25, 0.3) is 0 Å². The molecule has 0 aliphatic heterocycles. The predicted octanol–water partition coefficient (Wildman–Crippen LogP) is 0.369. The third kappa shape index (κ3) is 5.14. The van der Waals surface area contributed by atoms with Gasteiger partial charge in [-0.2, -0.15) is 5.10 Å². The molecule has 0 aromatic heterocycles. The van der Waals surface area contributed by atoms with Crippen LogP contribution in [-0.4, -0.2) is 12.1 Å². The van der Waals surface area contributed by atoms with Crippen molar-refractivity contribution in [1.82, 2.24) is 0 Å². The van der Waals surface area contributed by atoms with Crippen molar-refractivity contribution < 1.29 is 0 Å². The molecule has 0 aromatic carbocycles. The van der Waals surface area contributed by atoms with Gasteiger partial charge in [0.05, 0.1) is 0 Å². The number of nitrogens with zero attached hydrogens (tertiary/aromatic N) is 2. The van der Waals surface area contributed by atoms with Gasteiger partial charge in [-0.15, -0.1) is 5.10 Å². The first-order valence-corrected chi connectivity index (χ1v) is 2.05. The maximum Gasteiger partial charge on any atom is 0.119 e. The first-order chi connectivity index (χ1) is 3.27. The van der Waals surface area contributed by atoms with Crippen LogP contribution in [0.15, 0.2) is 10.2 Å². The molecule has 0 saturated heterocycles. The van der Waals surface area contributed by atoms with Crippen molar-refractivity contribution >= 4 is 12.1 Å². The monoisotopic (exact) mass is 99.1 g/mol. The summed E-state index contributed by atoms with van der Waals surface area (Å²) in [5, 5.41) is 7.02. The van der Waals surface area contributed by atoms with E-state index >= 15 is 0 Å². The fraction of sp³-hybridized carbons (Fsp3) is 0.500. The molecule has 0 atom stereocenters. The lowest BCUT2D eigenvalue weighted by Crippen LogP contribution is -2.03. The van der Waals surface area contributed by atoms with Crippen molar-refractivity contribution in [3.05, 3.63) is 0 Å². The first kappa shape index (κ1) is 6.14. The van der Waals surface area contributed by atoms with Gasteiger partial charge in [0.2, 0.25) is 0 Å². The van der Waals surface area contributed by atoms with Gasteiger partial charge < -0.3 is 5.73 Å². The van der Waals surface area contributed by atoms with Crippen LogP contribution in [0.3, 0.4) is 0 Å². The van der Waals surface area contributed by atoms with E-state index in [1.54, 1.807) is 20.1 Å². The normalized spacial score (nSPS) is 13.1.